The van der Waals surface area contributed by atoms with Crippen molar-refractivity contribution in [3.05, 3.63) is 24.3 Å². The molecular weight excluding hydrogens is 338 g/mol. The number of rotatable bonds is 4. The van der Waals surface area contributed by atoms with Crippen molar-refractivity contribution in [2.75, 3.05) is 43.9 Å². The smallest absolute Gasteiger partial charge is 0.272 e. The topological polar surface area (TPSA) is 102 Å². The van der Waals surface area contributed by atoms with Crippen molar-refractivity contribution >= 4 is 32.2 Å². The maximum atomic E-state index is 12.5. The molecule has 8 nitrogen and oxygen atoms in total. The Morgan fingerprint density at radius 3 is 2.30 bits per heavy atom. The third kappa shape index (κ3) is 3.23. The van der Waals surface area contributed by atoms with E-state index < -0.39 is 10.0 Å². The van der Waals surface area contributed by atoms with Gasteiger partial charge < -0.3 is 15.4 Å². The summed E-state index contributed by atoms with van der Waals surface area (Å²) >= 11 is 0.888. The fourth-order valence-electron chi connectivity index (χ4n) is 2.41. The lowest BCUT2D eigenvalue weighted by atomic mass is 10.2. The van der Waals surface area contributed by atoms with Crippen LogP contribution < -0.4 is 15.4 Å². The van der Waals surface area contributed by atoms with E-state index in [1.54, 1.807) is 7.11 Å². The highest BCUT2D eigenvalue weighted by molar-refractivity contribution is 7.91. The molecule has 2 heterocycles. The van der Waals surface area contributed by atoms with Crippen molar-refractivity contribution in [1.82, 2.24) is 14.5 Å². The lowest BCUT2D eigenvalue weighted by Gasteiger charge is -2.34. The third-order valence-electron chi connectivity index (χ3n) is 3.66. The zero-order valence-corrected chi connectivity index (χ0v) is 14.2. The highest BCUT2D eigenvalue weighted by Gasteiger charge is 2.31. The van der Waals surface area contributed by atoms with Gasteiger partial charge in [0.25, 0.3) is 10.0 Å². The van der Waals surface area contributed by atoms with Crippen molar-refractivity contribution in [3.63, 3.8) is 0 Å². The largest absolute Gasteiger partial charge is 0.497 e. The number of anilines is 2. The first kappa shape index (κ1) is 16.0. The number of aromatic nitrogens is 2. The van der Waals surface area contributed by atoms with Gasteiger partial charge >= 0.3 is 0 Å². The molecule has 1 saturated heterocycles. The molecule has 124 valence electrons. The minimum absolute atomic E-state index is 0.0482. The molecule has 0 bridgehead atoms. The molecule has 1 aromatic heterocycles. The molecule has 0 aliphatic carbocycles. The molecule has 1 aliphatic rings. The normalized spacial score (nSPS) is 16.5. The number of nitrogens with zero attached hydrogens (tertiary/aromatic N) is 4. The summed E-state index contributed by atoms with van der Waals surface area (Å²) in [6.45, 7) is 2.02. The van der Waals surface area contributed by atoms with Gasteiger partial charge in [0.1, 0.15) is 5.75 Å². The second kappa shape index (κ2) is 6.30. The van der Waals surface area contributed by atoms with Crippen LogP contribution in [0.15, 0.2) is 28.6 Å². The Bertz CT molecular complexity index is 767. The Hall–Kier alpha value is -1.91. The van der Waals surface area contributed by atoms with Gasteiger partial charge in [-0.1, -0.05) is 11.3 Å². The van der Waals surface area contributed by atoms with Crippen molar-refractivity contribution < 1.29 is 13.2 Å². The van der Waals surface area contributed by atoms with E-state index >= 15 is 0 Å². The van der Waals surface area contributed by atoms with Crippen LogP contribution in [0.5, 0.6) is 5.75 Å². The molecule has 0 radical (unpaired) electrons. The van der Waals surface area contributed by atoms with Gasteiger partial charge in [-0.25, -0.2) is 8.42 Å². The molecule has 0 spiro atoms. The second-order valence-corrected chi connectivity index (χ2v) is 8.12. The van der Waals surface area contributed by atoms with E-state index in [1.165, 1.54) is 4.31 Å². The lowest BCUT2D eigenvalue weighted by molar-refractivity contribution is 0.384. The summed E-state index contributed by atoms with van der Waals surface area (Å²) in [5, 5.41) is 7.37. The zero-order chi connectivity index (χ0) is 16.4. The summed E-state index contributed by atoms with van der Waals surface area (Å²) in [5.74, 6) is 0.795. The van der Waals surface area contributed by atoms with Crippen LogP contribution in [0.2, 0.25) is 0 Å². The molecule has 1 fully saturated rings. The van der Waals surface area contributed by atoms with E-state index in [-0.39, 0.29) is 9.47 Å². The molecule has 0 saturated carbocycles. The maximum absolute atomic E-state index is 12.5. The van der Waals surface area contributed by atoms with Crippen LogP contribution in [0.3, 0.4) is 0 Å². The standard InChI is InChI=1S/C13H17N5O3S2/c1-21-11-4-2-10(3-5-11)17-6-8-18(9-7-17)23(19,20)13-16-15-12(14)22-13/h2-5H,6-9H2,1H3,(H2,14,15). The lowest BCUT2D eigenvalue weighted by Crippen LogP contribution is -2.48. The Morgan fingerprint density at radius 1 is 1.13 bits per heavy atom. The van der Waals surface area contributed by atoms with E-state index in [0.717, 1.165) is 22.8 Å². The summed E-state index contributed by atoms with van der Waals surface area (Å²) < 4.78 is 31.5. The van der Waals surface area contributed by atoms with Crippen LogP contribution in [0, 0.1) is 0 Å². The fraction of sp³-hybridized carbons (Fsp3) is 0.385. The second-order valence-electron chi connectivity index (χ2n) is 5.00. The molecule has 10 heteroatoms. The van der Waals surface area contributed by atoms with Crippen LogP contribution >= 0.6 is 11.3 Å². The number of nitrogen functional groups attached to an aromatic ring is 1. The molecule has 1 aliphatic heterocycles. The number of piperazine rings is 1. The van der Waals surface area contributed by atoms with Crippen LogP contribution in [0.4, 0.5) is 10.8 Å². The molecule has 3 rings (SSSR count). The molecule has 2 aromatic rings. The Balaban J connectivity index is 1.68. The predicted molar refractivity (Wildman–Crippen MR) is 88.3 cm³/mol. The monoisotopic (exact) mass is 355 g/mol. The van der Waals surface area contributed by atoms with E-state index in [0.29, 0.717) is 26.2 Å². The van der Waals surface area contributed by atoms with Gasteiger partial charge in [0.05, 0.1) is 7.11 Å². The highest BCUT2D eigenvalue weighted by Crippen LogP contribution is 2.25. The predicted octanol–water partition coefficient (Wildman–Crippen LogP) is 0.640. The number of methoxy groups -OCH3 is 1. The third-order valence-corrected chi connectivity index (χ3v) is 6.66. The van der Waals surface area contributed by atoms with Gasteiger partial charge in [0.2, 0.25) is 9.47 Å². The summed E-state index contributed by atoms with van der Waals surface area (Å²) in [4.78, 5) is 2.14. The Labute approximate surface area is 138 Å². The Morgan fingerprint density at radius 2 is 1.78 bits per heavy atom. The van der Waals surface area contributed by atoms with Crippen molar-refractivity contribution in [1.29, 1.82) is 0 Å². The van der Waals surface area contributed by atoms with E-state index in [4.69, 9.17) is 10.5 Å². The van der Waals surface area contributed by atoms with Gasteiger partial charge in [-0.05, 0) is 24.3 Å². The first-order valence-electron chi connectivity index (χ1n) is 6.99. The quantitative estimate of drug-likeness (QED) is 0.858. The molecule has 0 amide bonds. The summed E-state index contributed by atoms with van der Waals surface area (Å²) in [5.41, 5.74) is 6.51. The number of ether oxygens (including phenoxy) is 1. The summed E-state index contributed by atoms with van der Waals surface area (Å²) in [6.07, 6.45) is 0. The molecular formula is C13H17N5O3S2. The van der Waals surface area contributed by atoms with Crippen molar-refractivity contribution in [2.45, 2.75) is 4.34 Å². The van der Waals surface area contributed by atoms with E-state index in [9.17, 15) is 8.42 Å². The summed E-state index contributed by atoms with van der Waals surface area (Å²) in [6, 6.07) is 7.72. The van der Waals surface area contributed by atoms with Gasteiger partial charge in [-0.3, -0.25) is 0 Å². The number of benzene rings is 1. The molecule has 0 atom stereocenters. The first-order valence-corrected chi connectivity index (χ1v) is 9.24. The zero-order valence-electron chi connectivity index (χ0n) is 12.5. The number of hydrogen-bond donors (Lipinski definition) is 1. The van der Waals surface area contributed by atoms with Crippen LogP contribution in [-0.2, 0) is 10.0 Å². The molecule has 23 heavy (non-hydrogen) atoms. The van der Waals surface area contributed by atoms with E-state index in [2.05, 4.69) is 15.1 Å². The number of hydrogen-bond acceptors (Lipinski definition) is 8. The van der Waals surface area contributed by atoms with Crippen LogP contribution in [0.1, 0.15) is 0 Å². The minimum atomic E-state index is -3.61. The van der Waals surface area contributed by atoms with Gasteiger partial charge in [0.15, 0.2) is 0 Å². The maximum Gasteiger partial charge on any atom is 0.272 e. The minimum Gasteiger partial charge on any atom is -0.497 e. The van der Waals surface area contributed by atoms with Gasteiger partial charge in [0, 0.05) is 31.9 Å². The van der Waals surface area contributed by atoms with Gasteiger partial charge in [-0.2, -0.15) is 4.31 Å². The summed E-state index contributed by atoms with van der Waals surface area (Å²) in [7, 11) is -1.98. The van der Waals surface area contributed by atoms with Crippen molar-refractivity contribution in [2.24, 2.45) is 0 Å². The van der Waals surface area contributed by atoms with Crippen LogP contribution in [0.25, 0.3) is 0 Å². The average Bonchev–Trinajstić information content (AvgIpc) is 3.02. The molecule has 2 N–H and O–H groups in total. The Kier molecular flexibility index (Phi) is 4.37. The highest BCUT2D eigenvalue weighted by atomic mass is 32.2. The first-order chi connectivity index (χ1) is 11.0. The molecule has 0 unspecified atom stereocenters. The van der Waals surface area contributed by atoms with Crippen LogP contribution in [-0.4, -0.2) is 56.2 Å². The van der Waals surface area contributed by atoms with E-state index in [1.807, 2.05) is 24.3 Å². The molecule has 1 aromatic carbocycles. The van der Waals surface area contributed by atoms with Gasteiger partial charge in [-0.15, -0.1) is 10.2 Å². The SMILES string of the molecule is COc1ccc(N2CCN(S(=O)(=O)c3nnc(N)s3)CC2)cc1. The fourth-order valence-corrected chi connectivity index (χ4v) is 4.76. The average molecular weight is 355 g/mol. The number of nitrogens with two attached hydrogens (primary N) is 1. The van der Waals surface area contributed by atoms with Crippen molar-refractivity contribution in [3.8, 4) is 5.75 Å². The number of sulfonamides is 1.